The van der Waals surface area contributed by atoms with Crippen LogP contribution in [0.5, 0.6) is 5.75 Å². The molecular weight excluding hydrogens is 461 g/mol. The van der Waals surface area contributed by atoms with Crippen LogP contribution in [0.25, 0.3) is 32.9 Å². The average molecular weight is 482 g/mol. The number of aromatic nitrogens is 1. The summed E-state index contributed by atoms with van der Waals surface area (Å²) in [5, 5.41) is 18.2. The van der Waals surface area contributed by atoms with Gasteiger partial charge in [-0.2, -0.15) is 0 Å². The number of aromatic hydroxyl groups is 1. The minimum atomic E-state index is -0.498. The van der Waals surface area contributed by atoms with E-state index >= 15 is 0 Å². The summed E-state index contributed by atoms with van der Waals surface area (Å²) in [5.74, 6) is -0.811. The van der Waals surface area contributed by atoms with Gasteiger partial charge in [-0.3, -0.25) is 14.9 Å². The Kier molecular flexibility index (Phi) is 5.52. The molecule has 0 spiro atoms. The fraction of sp³-hybridized carbons (Fsp3) is 0.200. The second-order valence-electron chi connectivity index (χ2n) is 8.19. The first-order chi connectivity index (χ1) is 15.9. The molecule has 0 aliphatic carbocycles. The zero-order chi connectivity index (χ0) is 23.3. The minimum Gasteiger partial charge on any atom is -0.508 e. The van der Waals surface area contributed by atoms with Gasteiger partial charge in [0.25, 0.3) is 11.8 Å². The van der Waals surface area contributed by atoms with Crippen molar-refractivity contribution < 1.29 is 14.7 Å². The number of unbranched alkanes of at least 4 members (excludes halogenated alkanes) is 1. The van der Waals surface area contributed by atoms with E-state index in [1.54, 1.807) is 30.3 Å². The molecule has 168 valence electrons. The van der Waals surface area contributed by atoms with Crippen molar-refractivity contribution in [3.05, 3.63) is 63.1 Å². The summed E-state index contributed by atoms with van der Waals surface area (Å²) in [7, 11) is 1.91. The van der Waals surface area contributed by atoms with Crippen molar-refractivity contribution in [2.45, 2.75) is 19.3 Å². The molecule has 4 aromatic rings. The molecule has 0 radical (unpaired) electrons. The number of aromatic amines is 1. The normalized spacial score (nSPS) is 13.2. The summed E-state index contributed by atoms with van der Waals surface area (Å²) < 4.78 is 0. The number of amides is 2. The summed E-state index contributed by atoms with van der Waals surface area (Å²) in [6.45, 7) is 0.915. The quantitative estimate of drug-likeness (QED) is 0.218. The highest BCUT2D eigenvalue weighted by atomic mass is 35.5. The van der Waals surface area contributed by atoms with Crippen LogP contribution in [0.15, 0.2) is 36.4 Å². The lowest BCUT2D eigenvalue weighted by Crippen LogP contribution is -2.20. The molecule has 0 fully saturated rings. The molecule has 0 saturated carbocycles. The van der Waals surface area contributed by atoms with E-state index in [0.29, 0.717) is 37.5 Å². The van der Waals surface area contributed by atoms with Crippen LogP contribution in [-0.4, -0.2) is 35.5 Å². The Balaban J connectivity index is 1.76. The van der Waals surface area contributed by atoms with E-state index in [1.807, 2.05) is 13.1 Å². The van der Waals surface area contributed by atoms with Crippen molar-refractivity contribution in [1.82, 2.24) is 15.6 Å². The van der Waals surface area contributed by atoms with Crippen molar-refractivity contribution in [2.24, 2.45) is 0 Å². The minimum absolute atomic E-state index is 0.171. The van der Waals surface area contributed by atoms with Crippen LogP contribution >= 0.6 is 23.2 Å². The lowest BCUT2D eigenvalue weighted by Gasteiger charge is -2.11. The smallest absolute Gasteiger partial charge is 0.259 e. The Labute approximate surface area is 199 Å². The molecule has 1 aliphatic heterocycles. The summed E-state index contributed by atoms with van der Waals surface area (Å²) in [5.41, 5.74) is 3.75. The van der Waals surface area contributed by atoms with Crippen LogP contribution in [0.2, 0.25) is 10.0 Å². The highest BCUT2D eigenvalue weighted by molar-refractivity contribution is 6.41. The number of hydrogen-bond donors (Lipinski definition) is 4. The van der Waals surface area contributed by atoms with Gasteiger partial charge in [0.2, 0.25) is 0 Å². The molecule has 1 aliphatic rings. The second-order valence-corrected chi connectivity index (χ2v) is 9.00. The van der Waals surface area contributed by atoms with E-state index in [9.17, 15) is 14.7 Å². The number of hydrogen-bond acceptors (Lipinski definition) is 4. The fourth-order valence-corrected chi connectivity index (χ4v) is 5.21. The van der Waals surface area contributed by atoms with E-state index < -0.39 is 11.8 Å². The first kappa shape index (κ1) is 21.8. The molecule has 1 aromatic heterocycles. The van der Waals surface area contributed by atoms with Gasteiger partial charge in [0.15, 0.2) is 0 Å². The van der Waals surface area contributed by atoms with E-state index in [2.05, 4.69) is 15.6 Å². The molecular formula is C25H21Cl2N3O3. The molecule has 8 heteroatoms. The highest BCUT2D eigenvalue weighted by Crippen LogP contribution is 2.44. The fourth-order valence-electron chi connectivity index (χ4n) is 4.61. The van der Waals surface area contributed by atoms with Crippen molar-refractivity contribution in [2.75, 3.05) is 13.6 Å². The van der Waals surface area contributed by atoms with E-state index in [4.69, 9.17) is 23.2 Å². The first-order valence-corrected chi connectivity index (χ1v) is 11.4. The molecule has 0 saturated heterocycles. The van der Waals surface area contributed by atoms with Crippen LogP contribution in [0.3, 0.4) is 0 Å². The Bertz CT molecular complexity index is 1440. The van der Waals surface area contributed by atoms with Crippen molar-refractivity contribution in [3.8, 4) is 16.9 Å². The molecule has 3 aromatic carbocycles. The Hall–Kier alpha value is -3.06. The van der Waals surface area contributed by atoms with Gasteiger partial charge >= 0.3 is 0 Å². The largest absolute Gasteiger partial charge is 0.508 e. The van der Waals surface area contributed by atoms with Gasteiger partial charge in [-0.25, -0.2) is 0 Å². The molecule has 0 bridgehead atoms. The van der Waals surface area contributed by atoms with E-state index in [-0.39, 0.29) is 16.9 Å². The third-order valence-corrected chi connectivity index (χ3v) is 6.75. The lowest BCUT2D eigenvalue weighted by atomic mass is 9.92. The summed E-state index contributed by atoms with van der Waals surface area (Å²) in [6.07, 6.45) is 2.66. The predicted molar refractivity (Wildman–Crippen MR) is 132 cm³/mol. The van der Waals surface area contributed by atoms with Crippen LogP contribution in [0, 0.1) is 0 Å². The van der Waals surface area contributed by atoms with Gasteiger partial charge in [-0.1, -0.05) is 29.3 Å². The molecule has 0 atom stereocenters. The van der Waals surface area contributed by atoms with Gasteiger partial charge < -0.3 is 15.4 Å². The second kappa shape index (κ2) is 8.37. The number of rotatable bonds is 6. The van der Waals surface area contributed by atoms with Gasteiger partial charge in [0.05, 0.1) is 11.1 Å². The number of phenolic OH excluding ortho intramolecular Hbond substituents is 1. The van der Waals surface area contributed by atoms with Crippen molar-refractivity contribution in [1.29, 1.82) is 0 Å². The lowest BCUT2D eigenvalue weighted by molar-refractivity contribution is 0.0880. The number of aryl methyl sites for hydroxylation is 1. The molecule has 6 nitrogen and oxygen atoms in total. The molecule has 2 amide bonds. The maximum absolute atomic E-state index is 12.9. The number of carbonyl (C=O) groups excluding carboxylic acids is 2. The maximum atomic E-state index is 12.9. The number of carbonyl (C=O) groups is 2. The van der Waals surface area contributed by atoms with Gasteiger partial charge in [-0.15, -0.1) is 0 Å². The third-order valence-electron chi connectivity index (χ3n) is 6.12. The molecule has 4 N–H and O–H groups in total. The molecule has 0 unspecified atom stereocenters. The summed E-state index contributed by atoms with van der Waals surface area (Å²) in [6, 6.07) is 10.5. The number of H-pyrrole nitrogens is 1. The van der Waals surface area contributed by atoms with Crippen LogP contribution in [0.4, 0.5) is 0 Å². The molecule has 33 heavy (non-hydrogen) atoms. The number of nitrogens with one attached hydrogen (secondary N) is 3. The number of halogens is 2. The monoisotopic (exact) mass is 481 g/mol. The van der Waals surface area contributed by atoms with Crippen LogP contribution in [-0.2, 0) is 6.42 Å². The van der Waals surface area contributed by atoms with Crippen molar-refractivity contribution >= 4 is 56.8 Å². The summed E-state index contributed by atoms with van der Waals surface area (Å²) in [4.78, 5) is 29.0. The number of benzene rings is 3. The summed E-state index contributed by atoms with van der Waals surface area (Å²) >= 11 is 12.9. The standard InChI is InChI=1S/C25H21Cl2N3O3/c1-28-8-3-2-5-12-9-17-13(11-19(12)31)21-18(29-17)10-14(20-15(26)6-4-7-16(20)27)22-23(21)25(33)30-24(22)32/h4,6-7,9-11,28-29,31H,2-3,5,8H2,1H3,(H,30,32,33). The Morgan fingerprint density at radius 1 is 0.939 bits per heavy atom. The topological polar surface area (TPSA) is 94.2 Å². The van der Waals surface area contributed by atoms with Crippen LogP contribution < -0.4 is 10.6 Å². The van der Waals surface area contributed by atoms with Gasteiger partial charge in [0, 0.05) is 43.0 Å². The average Bonchev–Trinajstić information content (AvgIpc) is 3.27. The third kappa shape index (κ3) is 3.55. The number of fused-ring (bicyclic) bond motifs is 5. The Morgan fingerprint density at radius 2 is 1.67 bits per heavy atom. The van der Waals surface area contributed by atoms with E-state index in [1.165, 1.54) is 0 Å². The first-order valence-electron chi connectivity index (χ1n) is 10.7. The maximum Gasteiger partial charge on any atom is 0.259 e. The SMILES string of the molecule is CNCCCCc1cc2[nH]c3cc(-c4c(Cl)cccc4Cl)c4c(c3c2cc1O)C(=O)NC4=O. The van der Waals surface area contributed by atoms with E-state index in [0.717, 1.165) is 36.9 Å². The van der Waals surface area contributed by atoms with Crippen molar-refractivity contribution in [3.63, 3.8) is 0 Å². The molecule has 2 heterocycles. The van der Waals surface area contributed by atoms with Crippen LogP contribution in [0.1, 0.15) is 39.1 Å². The zero-order valence-corrected chi connectivity index (χ0v) is 19.3. The predicted octanol–water partition coefficient (Wildman–Crippen LogP) is 5.43. The van der Waals surface area contributed by atoms with Gasteiger partial charge in [0.1, 0.15) is 5.75 Å². The number of phenols is 1. The number of imide groups is 1. The van der Waals surface area contributed by atoms with Gasteiger partial charge in [-0.05, 0) is 68.8 Å². The molecule has 5 rings (SSSR count). The highest BCUT2D eigenvalue weighted by Gasteiger charge is 2.34. The Morgan fingerprint density at radius 3 is 2.39 bits per heavy atom. The zero-order valence-electron chi connectivity index (χ0n) is 17.8.